The standard InChI is InChI=1S/C18H20FN3S/c1-12-13(2)17(9-20)18(23)22(14(12)3)11-21(4)10-15-5-7-16(19)8-6-15/h5-8H,10-11H2,1-4H3/p+1. The van der Waals surface area contributed by atoms with Gasteiger partial charge >= 0.3 is 0 Å². The highest BCUT2D eigenvalue weighted by molar-refractivity contribution is 7.71. The van der Waals surface area contributed by atoms with Gasteiger partial charge in [-0.25, -0.2) is 4.39 Å². The van der Waals surface area contributed by atoms with Gasteiger partial charge in [0.15, 0.2) is 6.67 Å². The average molecular weight is 330 g/mol. The molecule has 1 aromatic carbocycles. The first-order valence-corrected chi connectivity index (χ1v) is 7.92. The molecule has 1 aromatic heterocycles. The summed E-state index contributed by atoms with van der Waals surface area (Å²) in [5.41, 5.74) is 4.80. The van der Waals surface area contributed by atoms with Gasteiger partial charge in [0.05, 0.1) is 12.6 Å². The van der Waals surface area contributed by atoms with Crippen LogP contribution in [-0.4, -0.2) is 11.6 Å². The molecular weight excluding hydrogens is 309 g/mol. The highest BCUT2D eigenvalue weighted by atomic mass is 32.1. The molecule has 1 unspecified atom stereocenters. The summed E-state index contributed by atoms with van der Waals surface area (Å²) in [6.45, 7) is 7.42. The Bertz CT molecular complexity index is 816. The molecule has 3 nitrogen and oxygen atoms in total. The molecule has 0 spiro atoms. The Labute approximate surface area is 141 Å². The lowest BCUT2D eigenvalue weighted by molar-refractivity contribution is -0.917. The van der Waals surface area contributed by atoms with Crippen LogP contribution in [0.3, 0.4) is 0 Å². The summed E-state index contributed by atoms with van der Waals surface area (Å²) in [7, 11) is 2.06. The summed E-state index contributed by atoms with van der Waals surface area (Å²) in [6.07, 6.45) is 0. The number of hydrogen-bond acceptors (Lipinski definition) is 2. The van der Waals surface area contributed by atoms with Crippen LogP contribution in [0.4, 0.5) is 4.39 Å². The third kappa shape index (κ3) is 3.66. The van der Waals surface area contributed by atoms with E-state index in [1.54, 1.807) is 12.1 Å². The van der Waals surface area contributed by atoms with E-state index in [1.807, 2.05) is 25.3 Å². The highest BCUT2D eigenvalue weighted by Crippen LogP contribution is 2.18. The number of nitriles is 1. The van der Waals surface area contributed by atoms with Crippen molar-refractivity contribution in [2.24, 2.45) is 0 Å². The average Bonchev–Trinajstić information content (AvgIpc) is 2.52. The van der Waals surface area contributed by atoms with Crippen molar-refractivity contribution >= 4 is 12.2 Å². The van der Waals surface area contributed by atoms with Crippen LogP contribution in [0.2, 0.25) is 0 Å². The lowest BCUT2D eigenvalue weighted by Crippen LogP contribution is -3.07. The van der Waals surface area contributed by atoms with E-state index < -0.39 is 0 Å². The maximum atomic E-state index is 13.0. The summed E-state index contributed by atoms with van der Waals surface area (Å²) in [6, 6.07) is 8.77. The fourth-order valence-corrected chi connectivity index (χ4v) is 3.11. The molecule has 5 heteroatoms. The normalized spacial score (nSPS) is 12.0. The molecule has 0 bridgehead atoms. The molecule has 0 radical (unpaired) electrons. The van der Waals surface area contributed by atoms with E-state index in [-0.39, 0.29) is 5.82 Å². The Morgan fingerprint density at radius 1 is 1.17 bits per heavy atom. The van der Waals surface area contributed by atoms with Crippen LogP contribution in [0.5, 0.6) is 0 Å². The predicted molar refractivity (Wildman–Crippen MR) is 91.2 cm³/mol. The van der Waals surface area contributed by atoms with E-state index in [0.717, 1.165) is 28.9 Å². The van der Waals surface area contributed by atoms with Gasteiger partial charge < -0.3 is 4.90 Å². The van der Waals surface area contributed by atoms with E-state index >= 15 is 0 Å². The minimum absolute atomic E-state index is 0.225. The monoisotopic (exact) mass is 330 g/mol. The summed E-state index contributed by atoms with van der Waals surface area (Å²) < 4.78 is 15.6. The van der Waals surface area contributed by atoms with Crippen molar-refractivity contribution in [1.82, 2.24) is 4.57 Å². The molecule has 23 heavy (non-hydrogen) atoms. The molecule has 1 atom stereocenters. The van der Waals surface area contributed by atoms with E-state index in [1.165, 1.54) is 17.0 Å². The number of hydrogen-bond donors (Lipinski definition) is 1. The van der Waals surface area contributed by atoms with Gasteiger partial charge in [-0.1, -0.05) is 24.4 Å². The van der Waals surface area contributed by atoms with Crippen molar-refractivity contribution in [3.63, 3.8) is 0 Å². The van der Waals surface area contributed by atoms with E-state index in [0.29, 0.717) is 16.9 Å². The van der Waals surface area contributed by atoms with Gasteiger partial charge in [0.25, 0.3) is 0 Å². The van der Waals surface area contributed by atoms with Gasteiger partial charge in [-0.15, -0.1) is 0 Å². The number of rotatable bonds is 4. The minimum Gasteiger partial charge on any atom is -0.316 e. The van der Waals surface area contributed by atoms with Crippen LogP contribution in [0, 0.1) is 42.6 Å². The largest absolute Gasteiger partial charge is 0.316 e. The van der Waals surface area contributed by atoms with Crippen molar-refractivity contribution in [3.05, 3.63) is 62.7 Å². The predicted octanol–water partition coefficient (Wildman–Crippen LogP) is 2.83. The molecule has 0 aliphatic heterocycles. The number of aromatic nitrogens is 1. The molecule has 1 N–H and O–H groups in total. The molecular formula is C18H21FN3S+. The zero-order valence-corrected chi connectivity index (χ0v) is 14.7. The SMILES string of the molecule is Cc1c(C)c(C)n(C[NH+](C)Cc2ccc(F)cc2)c(=S)c1C#N. The van der Waals surface area contributed by atoms with E-state index in [9.17, 15) is 9.65 Å². The zero-order valence-electron chi connectivity index (χ0n) is 13.9. The molecule has 120 valence electrons. The number of nitrogens with one attached hydrogen (secondary N) is 1. The van der Waals surface area contributed by atoms with Crippen LogP contribution in [0.25, 0.3) is 0 Å². The molecule has 0 amide bonds. The van der Waals surface area contributed by atoms with Crippen molar-refractivity contribution in [2.75, 3.05) is 7.05 Å². The van der Waals surface area contributed by atoms with Gasteiger partial charge in [-0.2, -0.15) is 5.26 Å². The Morgan fingerprint density at radius 3 is 2.35 bits per heavy atom. The fourth-order valence-electron chi connectivity index (χ4n) is 2.71. The number of benzene rings is 1. The quantitative estimate of drug-likeness (QED) is 0.875. The third-order valence-corrected chi connectivity index (χ3v) is 4.73. The second-order valence-corrected chi connectivity index (χ2v) is 6.36. The van der Waals surface area contributed by atoms with Gasteiger partial charge in [0.1, 0.15) is 23.1 Å². The molecule has 2 rings (SSSR count). The third-order valence-electron chi connectivity index (χ3n) is 4.30. The van der Waals surface area contributed by atoms with Gasteiger partial charge in [0.2, 0.25) is 0 Å². The minimum atomic E-state index is -0.225. The molecule has 0 aliphatic carbocycles. The Kier molecular flexibility index (Phi) is 5.30. The van der Waals surface area contributed by atoms with Gasteiger partial charge in [0, 0.05) is 11.3 Å². The maximum absolute atomic E-state index is 13.0. The molecule has 0 fully saturated rings. The summed E-state index contributed by atoms with van der Waals surface area (Å²) in [4.78, 5) is 1.21. The van der Waals surface area contributed by atoms with Crippen LogP contribution in [0.15, 0.2) is 24.3 Å². The molecule has 0 saturated heterocycles. The van der Waals surface area contributed by atoms with Crippen LogP contribution >= 0.6 is 12.2 Å². The topological polar surface area (TPSA) is 33.2 Å². The molecule has 0 aliphatic rings. The number of halogens is 1. The zero-order chi connectivity index (χ0) is 17.1. The van der Waals surface area contributed by atoms with Gasteiger partial charge in [-0.3, -0.25) is 4.57 Å². The second-order valence-electron chi connectivity index (χ2n) is 5.97. The summed E-state index contributed by atoms with van der Waals surface area (Å²) >= 11 is 5.50. The summed E-state index contributed by atoms with van der Waals surface area (Å²) in [5, 5.41) is 9.36. The number of pyridine rings is 1. The lowest BCUT2D eigenvalue weighted by atomic mass is 10.0. The first kappa shape index (κ1) is 17.3. The first-order chi connectivity index (χ1) is 10.8. The van der Waals surface area contributed by atoms with Gasteiger partial charge in [-0.05, 0) is 44.0 Å². The van der Waals surface area contributed by atoms with Crippen molar-refractivity contribution < 1.29 is 9.29 Å². The number of quaternary nitrogens is 1. The fraction of sp³-hybridized carbons (Fsp3) is 0.333. The summed E-state index contributed by atoms with van der Waals surface area (Å²) in [5.74, 6) is -0.225. The highest BCUT2D eigenvalue weighted by Gasteiger charge is 2.14. The Hall–Kier alpha value is -2.03. The Balaban J connectivity index is 2.29. The molecule has 2 aromatic rings. The molecule has 1 heterocycles. The first-order valence-electron chi connectivity index (χ1n) is 7.51. The van der Waals surface area contributed by atoms with E-state index in [4.69, 9.17) is 12.2 Å². The number of nitrogens with zero attached hydrogens (tertiary/aromatic N) is 2. The van der Waals surface area contributed by atoms with Crippen molar-refractivity contribution in [3.8, 4) is 6.07 Å². The van der Waals surface area contributed by atoms with Crippen LogP contribution in [0.1, 0.15) is 27.9 Å². The lowest BCUT2D eigenvalue weighted by Gasteiger charge is -2.21. The molecule has 0 saturated carbocycles. The maximum Gasteiger partial charge on any atom is 0.157 e. The van der Waals surface area contributed by atoms with E-state index in [2.05, 4.69) is 13.1 Å². The van der Waals surface area contributed by atoms with Crippen LogP contribution < -0.4 is 4.90 Å². The Morgan fingerprint density at radius 2 is 1.78 bits per heavy atom. The van der Waals surface area contributed by atoms with Crippen molar-refractivity contribution in [1.29, 1.82) is 5.26 Å². The smallest absolute Gasteiger partial charge is 0.157 e. The van der Waals surface area contributed by atoms with Crippen molar-refractivity contribution in [2.45, 2.75) is 34.0 Å². The van der Waals surface area contributed by atoms with Crippen LogP contribution in [-0.2, 0) is 13.2 Å². The second kappa shape index (κ2) is 7.03.